The number of hydrogen-bond donors (Lipinski definition) is 0. The van der Waals surface area contributed by atoms with Gasteiger partial charge in [-0.2, -0.15) is 0 Å². The summed E-state index contributed by atoms with van der Waals surface area (Å²) in [6.45, 7) is 16.9. The summed E-state index contributed by atoms with van der Waals surface area (Å²) >= 11 is 4.25. The average molecular weight is 482 g/mol. The van der Waals surface area contributed by atoms with Crippen molar-refractivity contribution in [2.24, 2.45) is 11.8 Å². The fourth-order valence-corrected chi connectivity index (χ4v) is 14.7. The Balaban J connectivity index is 0.00000196. The monoisotopic (exact) mass is 481 g/mol. The first-order valence-electron chi connectivity index (χ1n) is 9.52. The summed E-state index contributed by atoms with van der Waals surface area (Å²) in [5.41, 5.74) is 0.854. The molecular formula is C24H39NS2SiTi. The maximum Gasteiger partial charge on any atom is 4.00 e. The second-order valence-corrected chi connectivity index (χ2v) is 16.0. The summed E-state index contributed by atoms with van der Waals surface area (Å²) in [5, 5.41) is 2.23. The quantitative estimate of drug-likeness (QED) is 0.309. The Hall–Kier alpha value is 0.421. The van der Waals surface area contributed by atoms with E-state index < -0.39 is 8.24 Å². The Morgan fingerprint density at radius 1 is 0.966 bits per heavy atom. The summed E-state index contributed by atoms with van der Waals surface area (Å²) in [5.74, 6) is 2.27. The second-order valence-electron chi connectivity index (χ2n) is 9.58. The van der Waals surface area contributed by atoms with E-state index in [0.29, 0.717) is 0 Å². The van der Waals surface area contributed by atoms with Gasteiger partial charge in [-0.05, 0) is 23.4 Å². The van der Waals surface area contributed by atoms with Crippen molar-refractivity contribution >= 4 is 41.4 Å². The first kappa shape index (κ1) is 29.4. The van der Waals surface area contributed by atoms with Crippen LogP contribution in [-0.4, -0.2) is 19.0 Å². The number of fused-ring (bicyclic) bond motifs is 5. The van der Waals surface area contributed by atoms with Crippen LogP contribution in [0.3, 0.4) is 0 Å². The zero-order chi connectivity index (χ0) is 18.1. The molecule has 4 rings (SSSR count). The molecule has 5 unspecified atom stereocenters. The zero-order valence-electron chi connectivity index (χ0n) is 20.0. The van der Waals surface area contributed by atoms with Gasteiger partial charge >= 0.3 is 21.7 Å². The standard InChI is InChI=1S/C21H30NS2Si.3CH3.Ti/c1-12-13(2)20(25(6,7)22-21(3,4)5)19-16(12)18-17(24-19)14-10-8-9-11-15(14)23-18;;;;/h8-13,16,19-20H,1-7H3;3*1H3;/q4*-1;+4. The maximum atomic E-state index is 5.41. The van der Waals surface area contributed by atoms with Gasteiger partial charge in [0.25, 0.3) is 0 Å². The third-order valence-corrected chi connectivity index (χ3v) is 13.2. The Bertz CT molecular complexity index is 811. The van der Waals surface area contributed by atoms with Crippen LogP contribution < -0.4 is 0 Å². The van der Waals surface area contributed by atoms with Crippen molar-refractivity contribution in [3.8, 4) is 0 Å². The van der Waals surface area contributed by atoms with Crippen molar-refractivity contribution in [3.63, 3.8) is 0 Å². The van der Waals surface area contributed by atoms with Crippen molar-refractivity contribution in [1.82, 2.24) is 0 Å². The molecule has 1 fully saturated rings. The minimum Gasteiger partial charge on any atom is -0.660 e. The van der Waals surface area contributed by atoms with Gasteiger partial charge in [0.2, 0.25) is 0 Å². The van der Waals surface area contributed by atoms with E-state index in [2.05, 4.69) is 95.1 Å². The molecule has 0 radical (unpaired) electrons. The molecule has 5 atom stereocenters. The molecule has 2 heterocycles. The molecule has 1 nitrogen and oxygen atoms in total. The predicted octanol–water partition coefficient (Wildman–Crippen LogP) is 8.84. The van der Waals surface area contributed by atoms with E-state index in [-0.39, 0.29) is 49.5 Å². The number of thiophene rings is 1. The average Bonchev–Trinajstić information content (AvgIpc) is 3.06. The number of hydrogen-bond acceptors (Lipinski definition) is 2. The predicted molar refractivity (Wildman–Crippen MR) is 136 cm³/mol. The smallest absolute Gasteiger partial charge is 0.660 e. The third-order valence-electron chi connectivity index (χ3n) is 6.24. The zero-order valence-corrected chi connectivity index (χ0v) is 24.2. The molecular weight excluding hydrogens is 442 g/mol. The Kier molecular flexibility index (Phi) is 10.1. The molecule has 0 N–H and O–H groups in total. The van der Waals surface area contributed by atoms with Gasteiger partial charge in [0.05, 0.1) is 0 Å². The first-order valence-corrected chi connectivity index (χ1v) is 14.2. The summed E-state index contributed by atoms with van der Waals surface area (Å²) in [7, 11) is -1.67. The molecule has 1 aromatic heterocycles. The molecule has 1 aromatic carbocycles. The summed E-state index contributed by atoms with van der Waals surface area (Å²) in [4.78, 5) is 8.68. The van der Waals surface area contributed by atoms with E-state index in [1.807, 2.05) is 0 Å². The molecule has 1 saturated carbocycles. The number of benzene rings is 1. The van der Waals surface area contributed by atoms with E-state index in [9.17, 15) is 0 Å². The molecule has 0 spiro atoms. The van der Waals surface area contributed by atoms with Gasteiger partial charge in [-0.1, -0.05) is 74.1 Å². The van der Waals surface area contributed by atoms with Gasteiger partial charge in [-0.25, -0.2) is 0 Å². The Morgan fingerprint density at radius 2 is 1.55 bits per heavy atom. The largest absolute Gasteiger partial charge is 4.00 e. The van der Waals surface area contributed by atoms with Crippen LogP contribution in [-0.2, 0) is 21.7 Å². The fourth-order valence-electron chi connectivity index (χ4n) is 5.51. The number of thioether (sulfide) groups is 1. The topological polar surface area (TPSA) is 14.1 Å². The van der Waals surface area contributed by atoms with Gasteiger partial charge < -0.3 is 27.3 Å². The van der Waals surface area contributed by atoms with Crippen molar-refractivity contribution in [2.75, 3.05) is 0 Å². The fraction of sp³-hybridized carbons (Fsp3) is 0.542. The molecule has 2 aromatic rings. The molecule has 2 aliphatic rings. The van der Waals surface area contributed by atoms with E-state index in [0.717, 1.165) is 28.5 Å². The van der Waals surface area contributed by atoms with Gasteiger partial charge in [0.1, 0.15) is 0 Å². The van der Waals surface area contributed by atoms with Crippen molar-refractivity contribution < 1.29 is 21.7 Å². The second kappa shape index (κ2) is 9.92. The van der Waals surface area contributed by atoms with Crippen LogP contribution in [0, 0.1) is 34.1 Å². The third kappa shape index (κ3) is 4.93. The molecule has 0 amide bonds. The summed E-state index contributed by atoms with van der Waals surface area (Å²) in [6, 6.07) is 8.99. The van der Waals surface area contributed by atoms with Gasteiger partial charge in [-0.15, -0.1) is 28.6 Å². The van der Waals surface area contributed by atoms with Gasteiger partial charge in [-0.3, -0.25) is 0 Å². The first-order chi connectivity index (χ1) is 11.6. The van der Waals surface area contributed by atoms with Crippen LogP contribution in [0.15, 0.2) is 29.2 Å². The van der Waals surface area contributed by atoms with E-state index in [1.165, 1.54) is 10.1 Å². The van der Waals surface area contributed by atoms with E-state index >= 15 is 0 Å². The minimum atomic E-state index is -1.67. The van der Waals surface area contributed by atoms with Gasteiger partial charge in [0, 0.05) is 31.0 Å². The van der Waals surface area contributed by atoms with Crippen LogP contribution in [0.1, 0.15) is 45.4 Å². The SMILES string of the molecule is CC1C(C)C([Si](C)(C)[N-]C(C)(C)C)C2Sc3c(sc4ccccc34)C12.[CH3-].[CH3-].[CH3-].[Ti+4]. The summed E-state index contributed by atoms with van der Waals surface area (Å²) in [6.07, 6.45) is 0. The van der Waals surface area contributed by atoms with Crippen LogP contribution in [0.25, 0.3) is 15.1 Å². The number of nitrogens with zero attached hydrogens (tertiary/aromatic N) is 1. The van der Waals surface area contributed by atoms with E-state index in [1.54, 1.807) is 9.77 Å². The molecule has 5 heteroatoms. The van der Waals surface area contributed by atoms with Crippen molar-refractivity contribution in [3.05, 3.63) is 56.4 Å². The molecule has 1 aliphatic heterocycles. The van der Waals surface area contributed by atoms with Crippen LogP contribution >= 0.6 is 23.1 Å². The normalized spacial score (nSPS) is 27.8. The molecule has 0 saturated heterocycles. The molecule has 1 aliphatic carbocycles. The summed E-state index contributed by atoms with van der Waals surface area (Å²) < 4.78 is 1.47. The van der Waals surface area contributed by atoms with Crippen LogP contribution in [0.2, 0.25) is 18.6 Å². The van der Waals surface area contributed by atoms with Crippen molar-refractivity contribution in [2.45, 2.75) is 74.9 Å². The number of rotatable bonds is 2. The van der Waals surface area contributed by atoms with Gasteiger partial charge in [0.15, 0.2) is 0 Å². The minimum absolute atomic E-state index is 0. The van der Waals surface area contributed by atoms with Crippen LogP contribution in [0.4, 0.5) is 0 Å². The molecule has 160 valence electrons. The van der Waals surface area contributed by atoms with Crippen molar-refractivity contribution in [1.29, 1.82) is 0 Å². The maximum absolute atomic E-state index is 5.41. The Morgan fingerprint density at radius 3 is 2.14 bits per heavy atom. The van der Waals surface area contributed by atoms with E-state index in [4.69, 9.17) is 4.98 Å². The molecule has 29 heavy (non-hydrogen) atoms. The van der Waals surface area contributed by atoms with Crippen LogP contribution in [0.5, 0.6) is 0 Å². The Labute approximate surface area is 205 Å². The molecule has 0 bridgehead atoms.